The molecule has 0 bridgehead atoms. The van der Waals surface area contributed by atoms with E-state index < -0.39 is 0 Å². The van der Waals surface area contributed by atoms with Gasteiger partial charge in [0.1, 0.15) is 0 Å². The molecule has 3 heteroatoms. The van der Waals surface area contributed by atoms with Gasteiger partial charge < -0.3 is 5.73 Å². The molecule has 0 spiro atoms. The Labute approximate surface area is 118 Å². The van der Waals surface area contributed by atoms with E-state index in [-0.39, 0.29) is 11.5 Å². The number of hydrogen-bond donors (Lipinski definition) is 1. The maximum Gasteiger partial charge on any atom is 0.0646 e. The normalized spacial score (nSPS) is 13.6. The monoisotopic (exact) mass is 279 g/mol. The van der Waals surface area contributed by atoms with E-state index in [1.54, 1.807) is 11.3 Å². The third-order valence-electron chi connectivity index (χ3n) is 2.90. The van der Waals surface area contributed by atoms with E-state index in [1.165, 1.54) is 9.75 Å². The van der Waals surface area contributed by atoms with Crippen molar-refractivity contribution < 1.29 is 0 Å². The van der Waals surface area contributed by atoms with Crippen molar-refractivity contribution in [2.75, 3.05) is 0 Å². The van der Waals surface area contributed by atoms with E-state index in [1.807, 2.05) is 24.3 Å². The molecule has 0 amide bonds. The fourth-order valence-electron chi connectivity index (χ4n) is 1.76. The molecule has 0 aliphatic rings. The minimum atomic E-state index is -0.0663. The average molecular weight is 280 g/mol. The van der Waals surface area contributed by atoms with Crippen molar-refractivity contribution in [3.05, 3.63) is 56.7 Å². The van der Waals surface area contributed by atoms with E-state index in [0.717, 1.165) is 10.6 Å². The molecule has 0 radical (unpaired) electrons. The van der Waals surface area contributed by atoms with Crippen LogP contribution in [0, 0.1) is 0 Å². The van der Waals surface area contributed by atoms with Crippen LogP contribution in [-0.4, -0.2) is 0 Å². The van der Waals surface area contributed by atoms with Crippen molar-refractivity contribution in [1.82, 2.24) is 0 Å². The zero-order valence-corrected chi connectivity index (χ0v) is 12.5. The summed E-state index contributed by atoms with van der Waals surface area (Å²) in [5, 5.41) is 0.743. The highest BCUT2D eigenvalue weighted by Crippen LogP contribution is 2.33. The lowest BCUT2D eigenvalue weighted by Gasteiger charge is -2.16. The fourth-order valence-corrected chi connectivity index (χ4v) is 2.98. The highest BCUT2D eigenvalue weighted by Gasteiger charge is 2.18. The number of rotatable bonds is 2. The van der Waals surface area contributed by atoms with Gasteiger partial charge in [-0.15, -0.1) is 11.3 Å². The van der Waals surface area contributed by atoms with Gasteiger partial charge in [-0.05, 0) is 35.2 Å². The van der Waals surface area contributed by atoms with Crippen LogP contribution in [0.3, 0.4) is 0 Å². The van der Waals surface area contributed by atoms with Gasteiger partial charge in [-0.2, -0.15) is 0 Å². The van der Waals surface area contributed by atoms with E-state index in [0.29, 0.717) is 0 Å². The van der Waals surface area contributed by atoms with Crippen LogP contribution in [-0.2, 0) is 5.41 Å². The van der Waals surface area contributed by atoms with Crippen LogP contribution in [0.2, 0.25) is 5.02 Å². The van der Waals surface area contributed by atoms with Gasteiger partial charge >= 0.3 is 0 Å². The number of halogens is 1. The lowest BCUT2D eigenvalue weighted by molar-refractivity contribution is 0.604. The first-order valence-corrected chi connectivity index (χ1v) is 7.18. The lowest BCUT2D eigenvalue weighted by atomic mass is 9.95. The van der Waals surface area contributed by atoms with Gasteiger partial charge in [-0.1, -0.05) is 44.5 Å². The second kappa shape index (κ2) is 5.04. The molecule has 0 saturated heterocycles. The second-order valence-electron chi connectivity index (χ2n) is 5.48. The maximum absolute atomic E-state index is 6.29. The molecule has 2 N–H and O–H groups in total. The Hall–Kier alpha value is -0.830. The van der Waals surface area contributed by atoms with Gasteiger partial charge in [0.25, 0.3) is 0 Å². The standard InChI is InChI=1S/C15H18ClNS/c1-15(2,3)13-9-8-12(18-13)14(17)10-4-6-11(16)7-5-10/h4-9,14H,17H2,1-3H3. The molecule has 1 atom stereocenters. The molecule has 2 rings (SSSR count). The van der Waals surface area contributed by atoms with Crippen molar-refractivity contribution in [1.29, 1.82) is 0 Å². The van der Waals surface area contributed by atoms with E-state index in [9.17, 15) is 0 Å². The quantitative estimate of drug-likeness (QED) is 0.844. The van der Waals surface area contributed by atoms with Gasteiger partial charge in [-0.25, -0.2) is 0 Å². The minimum Gasteiger partial charge on any atom is -0.320 e. The summed E-state index contributed by atoms with van der Waals surface area (Å²) < 4.78 is 0. The molecule has 1 unspecified atom stereocenters. The topological polar surface area (TPSA) is 26.0 Å². The molecule has 18 heavy (non-hydrogen) atoms. The summed E-state index contributed by atoms with van der Waals surface area (Å²) >= 11 is 7.68. The van der Waals surface area contributed by atoms with Crippen LogP contribution in [0.4, 0.5) is 0 Å². The predicted molar refractivity (Wildman–Crippen MR) is 80.5 cm³/mol. The smallest absolute Gasteiger partial charge is 0.0646 e. The van der Waals surface area contributed by atoms with E-state index >= 15 is 0 Å². The van der Waals surface area contributed by atoms with Gasteiger partial charge in [-0.3, -0.25) is 0 Å². The first-order valence-electron chi connectivity index (χ1n) is 5.99. The lowest BCUT2D eigenvalue weighted by Crippen LogP contribution is -2.10. The van der Waals surface area contributed by atoms with Gasteiger partial charge in [0.05, 0.1) is 6.04 Å². The molecule has 1 nitrogen and oxygen atoms in total. The van der Waals surface area contributed by atoms with Crippen LogP contribution in [0.15, 0.2) is 36.4 Å². The minimum absolute atomic E-state index is 0.0663. The summed E-state index contributed by atoms with van der Waals surface area (Å²) in [5.74, 6) is 0. The maximum atomic E-state index is 6.29. The van der Waals surface area contributed by atoms with Crippen molar-refractivity contribution in [3.8, 4) is 0 Å². The Morgan fingerprint density at radius 2 is 1.67 bits per heavy atom. The van der Waals surface area contributed by atoms with Crippen LogP contribution in [0.1, 0.15) is 42.1 Å². The third kappa shape index (κ3) is 2.94. The van der Waals surface area contributed by atoms with E-state index in [4.69, 9.17) is 17.3 Å². The van der Waals surface area contributed by atoms with Crippen LogP contribution in [0.25, 0.3) is 0 Å². The van der Waals surface area contributed by atoms with Crippen LogP contribution in [0.5, 0.6) is 0 Å². The van der Waals surface area contributed by atoms with E-state index in [2.05, 4.69) is 32.9 Å². The summed E-state index contributed by atoms with van der Waals surface area (Å²) in [4.78, 5) is 2.56. The molecule has 1 aromatic heterocycles. The first kappa shape index (κ1) is 13.6. The molecule has 96 valence electrons. The Balaban J connectivity index is 2.26. The van der Waals surface area contributed by atoms with Crippen molar-refractivity contribution in [2.24, 2.45) is 5.73 Å². The molecule has 2 aromatic rings. The first-order chi connectivity index (χ1) is 8.38. The molecule has 0 aliphatic carbocycles. The number of hydrogen-bond acceptors (Lipinski definition) is 2. The second-order valence-corrected chi connectivity index (χ2v) is 7.03. The van der Waals surface area contributed by atoms with Crippen molar-refractivity contribution in [2.45, 2.75) is 32.2 Å². The molecule has 1 aromatic carbocycles. The Kier molecular flexibility index (Phi) is 3.81. The third-order valence-corrected chi connectivity index (χ3v) is 4.75. The zero-order chi connectivity index (χ0) is 13.3. The molecule has 1 heterocycles. The van der Waals surface area contributed by atoms with Crippen molar-refractivity contribution >= 4 is 22.9 Å². The predicted octanol–water partition coefficient (Wildman–Crippen LogP) is 4.75. The Morgan fingerprint density at radius 3 is 2.17 bits per heavy atom. The molecule has 0 fully saturated rings. The summed E-state index contributed by atoms with van der Waals surface area (Å²) in [6.45, 7) is 6.66. The molecular formula is C15H18ClNS. The highest BCUT2D eigenvalue weighted by atomic mass is 35.5. The highest BCUT2D eigenvalue weighted by molar-refractivity contribution is 7.12. The Morgan fingerprint density at radius 1 is 1.06 bits per heavy atom. The van der Waals surface area contributed by atoms with Gasteiger partial charge in [0, 0.05) is 14.8 Å². The molecular weight excluding hydrogens is 262 g/mol. The number of nitrogens with two attached hydrogens (primary N) is 1. The van der Waals surface area contributed by atoms with Crippen LogP contribution < -0.4 is 5.73 Å². The fraction of sp³-hybridized carbons (Fsp3) is 0.333. The number of thiophene rings is 1. The average Bonchev–Trinajstić information content (AvgIpc) is 2.78. The molecule has 0 saturated carbocycles. The zero-order valence-electron chi connectivity index (χ0n) is 10.9. The molecule has 0 aliphatic heterocycles. The summed E-state index contributed by atoms with van der Waals surface area (Å²) in [6, 6.07) is 12.0. The Bertz CT molecular complexity index is 522. The van der Waals surface area contributed by atoms with Gasteiger partial charge in [0.15, 0.2) is 0 Å². The summed E-state index contributed by atoms with van der Waals surface area (Å²) in [7, 11) is 0. The summed E-state index contributed by atoms with van der Waals surface area (Å²) in [5.41, 5.74) is 7.57. The van der Waals surface area contributed by atoms with Crippen LogP contribution >= 0.6 is 22.9 Å². The summed E-state index contributed by atoms with van der Waals surface area (Å²) in [6.07, 6.45) is 0. The van der Waals surface area contributed by atoms with Gasteiger partial charge in [0.2, 0.25) is 0 Å². The largest absolute Gasteiger partial charge is 0.320 e. The SMILES string of the molecule is CC(C)(C)c1ccc(C(N)c2ccc(Cl)cc2)s1. The number of benzene rings is 1. The van der Waals surface area contributed by atoms with Crippen molar-refractivity contribution in [3.63, 3.8) is 0 Å².